The highest BCUT2D eigenvalue weighted by atomic mass is 16.3. The number of aromatic nitrogens is 5. The van der Waals surface area contributed by atoms with Crippen molar-refractivity contribution >= 4 is 44.0 Å². The summed E-state index contributed by atoms with van der Waals surface area (Å²) in [6.45, 7) is 0. The number of hydrogen-bond donors (Lipinski definition) is 0. The van der Waals surface area contributed by atoms with E-state index in [0.717, 1.165) is 82.8 Å². The zero-order valence-electron chi connectivity index (χ0n) is 30.5. The van der Waals surface area contributed by atoms with Gasteiger partial charge in [-0.05, 0) is 74.5 Å². The Hall–Kier alpha value is -7.83. The molecule has 0 N–H and O–H groups in total. The molecule has 0 bridgehead atoms. The van der Waals surface area contributed by atoms with Gasteiger partial charge in [0.15, 0.2) is 17.5 Å². The van der Waals surface area contributed by atoms with Crippen molar-refractivity contribution in [3.8, 4) is 67.5 Å². The van der Waals surface area contributed by atoms with Gasteiger partial charge in [-0.3, -0.25) is 0 Å². The molecular weight excluding hydrogens is 699 g/mol. The largest absolute Gasteiger partial charge is 0.436 e. The lowest BCUT2D eigenvalue weighted by molar-refractivity contribution is 0.655. The number of furan rings is 1. The highest BCUT2D eigenvalue weighted by Crippen LogP contribution is 2.36. The van der Waals surface area contributed by atoms with Gasteiger partial charge in [-0.25, -0.2) is 24.9 Å². The molecule has 0 aliphatic rings. The van der Waals surface area contributed by atoms with E-state index in [9.17, 15) is 0 Å². The van der Waals surface area contributed by atoms with E-state index in [1.807, 2.05) is 66.7 Å². The Bertz CT molecular complexity index is 3270. The van der Waals surface area contributed by atoms with Crippen molar-refractivity contribution in [2.75, 3.05) is 0 Å². The molecule has 3 heterocycles. The molecule has 11 aromatic rings. The van der Waals surface area contributed by atoms with Crippen LogP contribution in [0, 0.1) is 0 Å². The summed E-state index contributed by atoms with van der Waals surface area (Å²) in [5.74, 6) is 1.89. The maximum Gasteiger partial charge on any atom is 0.246 e. The maximum atomic E-state index is 6.16. The number of hydrogen-bond acceptors (Lipinski definition) is 6. The number of benzene rings is 8. The molecule has 0 radical (unpaired) electrons. The van der Waals surface area contributed by atoms with E-state index in [0.29, 0.717) is 23.2 Å². The smallest absolute Gasteiger partial charge is 0.246 e. The number of fused-ring (bicyclic) bond motifs is 6. The molecule has 0 unspecified atom stereocenters. The Balaban J connectivity index is 0.921. The van der Waals surface area contributed by atoms with E-state index >= 15 is 0 Å². The molecule has 0 amide bonds. The molecule has 6 heteroatoms. The second-order valence-electron chi connectivity index (χ2n) is 14.1. The third-order valence-corrected chi connectivity index (χ3v) is 10.6. The Kier molecular flexibility index (Phi) is 7.71. The predicted molar refractivity (Wildman–Crippen MR) is 230 cm³/mol. The van der Waals surface area contributed by atoms with Gasteiger partial charge in [-0.15, -0.1) is 0 Å². The van der Waals surface area contributed by atoms with Crippen LogP contribution in [-0.4, -0.2) is 24.9 Å². The first kappa shape index (κ1) is 32.6. The molecule has 0 saturated carbocycles. The van der Waals surface area contributed by atoms with E-state index in [1.165, 1.54) is 5.56 Å². The second-order valence-corrected chi connectivity index (χ2v) is 14.1. The molecule has 8 aromatic carbocycles. The highest BCUT2D eigenvalue weighted by Gasteiger charge is 2.16. The van der Waals surface area contributed by atoms with Crippen LogP contribution in [0.2, 0.25) is 0 Å². The molecule has 0 atom stereocenters. The van der Waals surface area contributed by atoms with Crippen LogP contribution in [0.5, 0.6) is 0 Å². The third kappa shape index (κ3) is 5.97. The number of nitrogens with zero attached hydrogens (tertiary/aromatic N) is 5. The summed E-state index contributed by atoms with van der Waals surface area (Å²) in [5.41, 5.74) is 13.4. The third-order valence-electron chi connectivity index (χ3n) is 10.6. The Morgan fingerprint density at radius 1 is 0.316 bits per heavy atom. The fourth-order valence-electron chi connectivity index (χ4n) is 7.63. The predicted octanol–water partition coefficient (Wildman–Crippen LogP) is 12.9. The Morgan fingerprint density at radius 3 is 1.47 bits per heavy atom. The quantitative estimate of drug-likeness (QED) is 0.170. The van der Waals surface area contributed by atoms with Crippen LogP contribution in [-0.2, 0) is 0 Å². The van der Waals surface area contributed by atoms with Gasteiger partial charge in [0.25, 0.3) is 0 Å². The zero-order valence-corrected chi connectivity index (χ0v) is 30.5. The molecule has 0 spiro atoms. The van der Waals surface area contributed by atoms with Gasteiger partial charge < -0.3 is 4.42 Å². The summed E-state index contributed by atoms with van der Waals surface area (Å²) in [7, 11) is 0. The van der Waals surface area contributed by atoms with Crippen molar-refractivity contribution in [1.82, 2.24) is 24.9 Å². The molecule has 0 aliphatic carbocycles. The second kappa shape index (κ2) is 13.5. The molecule has 0 saturated heterocycles. The van der Waals surface area contributed by atoms with Crippen LogP contribution in [0.3, 0.4) is 0 Å². The van der Waals surface area contributed by atoms with Crippen molar-refractivity contribution in [2.45, 2.75) is 0 Å². The number of para-hydroxylation sites is 2. The fraction of sp³-hybridized carbons (Fsp3) is 0. The molecule has 266 valence electrons. The van der Waals surface area contributed by atoms with Crippen LogP contribution < -0.4 is 0 Å². The minimum absolute atomic E-state index is 0.557. The van der Waals surface area contributed by atoms with Gasteiger partial charge in [-0.2, -0.15) is 0 Å². The van der Waals surface area contributed by atoms with Crippen LogP contribution >= 0.6 is 0 Å². The Morgan fingerprint density at radius 2 is 0.789 bits per heavy atom. The van der Waals surface area contributed by atoms with Gasteiger partial charge in [0.1, 0.15) is 11.1 Å². The first-order chi connectivity index (χ1) is 28.2. The van der Waals surface area contributed by atoms with Gasteiger partial charge in [0.05, 0.1) is 16.4 Å². The minimum atomic E-state index is 0.557. The lowest BCUT2D eigenvalue weighted by Crippen LogP contribution is -2.00. The number of rotatable bonds is 6. The summed E-state index contributed by atoms with van der Waals surface area (Å²) >= 11 is 0. The zero-order chi connectivity index (χ0) is 37.7. The molecule has 57 heavy (non-hydrogen) atoms. The summed E-state index contributed by atoms with van der Waals surface area (Å²) in [4.78, 5) is 24.6. The molecule has 6 nitrogen and oxygen atoms in total. The van der Waals surface area contributed by atoms with Crippen LogP contribution in [0.15, 0.2) is 192 Å². The molecule has 0 fully saturated rings. The normalized spacial score (nSPS) is 11.5. The van der Waals surface area contributed by atoms with Crippen molar-refractivity contribution in [2.24, 2.45) is 0 Å². The molecule has 11 rings (SSSR count). The van der Waals surface area contributed by atoms with E-state index in [4.69, 9.17) is 29.3 Å². The van der Waals surface area contributed by atoms with Crippen molar-refractivity contribution in [3.05, 3.63) is 188 Å². The van der Waals surface area contributed by atoms with E-state index in [1.54, 1.807) is 0 Å². The standard InChI is InChI=1S/C51H31N5O/c1-3-10-32(11-4-1)33-22-24-37(25-23-33)49-54-48(36-12-5-2-6-13-36)55-50(56-49)41-15-9-14-38(31-41)34-18-20-35(21-19-34)39-26-28-42-40(30-39)27-29-45-46(42)47-51(57-45)53-44-17-8-7-16-43(44)52-47/h1-31H. The van der Waals surface area contributed by atoms with Crippen LogP contribution in [0.4, 0.5) is 0 Å². The van der Waals surface area contributed by atoms with Gasteiger partial charge in [0, 0.05) is 16.7 Å². The first-order valence-electron chi connectivity index (χ1n) is 18.9. The summed E-state index contributed by atoms with van der Waals surface area (Å²) in [5, 5.41) is 3.20. The van der Waals surface area contributed by atoms with Crippen molar-refractivity contribution < 1.29 is 4.42 Å². The van der Waals surface area contributed by atoms with Crippen molar-refractivity contribution in [3.63, 3.8) is 0 Å². The average Bonchev–Trinajstić information content (AvgIpc) is 3.66. The van der Waals surface area contributed by atoms with E-state index < -0.39 is 0 Å². The lowest BCUT2D eigenvalue weighted by Gasteiger charge is -2.11. The molecule has 0 aliphatic heterocycles. The van der Waals surface area contributed by atoms with Crippen molar-refractivity contribution in [1.29, 1.82) is 0 Å². The van der Waals surface area contributed by atoms with Gasteiger partial charge in [0.2, 0.25) is 5.71 Å². The Labute approximate surface area is 327 Å². The van der Waals surface area contributed by atoms with Crippen LogP contribution in [0.25, 0.3) is 112 Å². The van der Waals surface area contributed by atoms with Gasteiger partial charge >= 0.3 is 0 Å². The molecular formula is C51H31N5O. The fourth-order valence-corrected chi connectivity index (χ4v) is 7.63. The molecule has 3 aromatic heterocycles. The maximum absolute atomic E-state index is 6.16. The van der Waals surface area contributed by atoms with E-state index in [2.05, 4.69) is 121 Å². The van der Waals surface area contributed by atoms with Gasteiger partial charge in [-0.1, -0.05) is 158 Å². The topological polar surface area (TPSA) is 77.6 Å². The first-order valence-corrected chi connectivity index (χ1v) is 18.9. The lowest BCUT2D eigenvalue weighted by atomic mass is 9.96. The SMILES string of the molecule is c1ccc(-c2ccc(-c3nc(-c4ccccc4)nc(-c4cccc(-c5ccc(-c6ccc7c(ccc8oc9nc%10ccccc%10nc9c87)c6)cc5)c4)n3)cc2)cc1. The monoisotopic (exact) mass is 729 g/mol. The summed E-state index contributed by atoms with van der Waals surface area (Å²) < 4.78 is 6.16. The summed E-state index contributed by atoms with van der Waals surface area (Å²) in [6.07, 6.45) is 0. The summed E-state index contributed by atoms with van der Waals surface area (Å²) in [6, 6.07) is 64.6. The highest BCUT2D eigenvalue weighted by molar-refractivity contribution is 6.18. The van der Waals surface area contributed by atoms with E-state index in [-0.39, 0.29) is 0 Å². The van der Waals surface area contributed by atoms with Crippen LogP contribution in [0.1, 0.15) is 0 Å². The minimum Gasteiger partial charge on any atom is -0.436 e. The average molecular weight is 730 g/mol.